The minimum atomic E-state index is -0.854. The number of hydrogen-bond donors (Lipinski definition) is 1. The van der Waals surface area contributed by atoms with Crippen molar-refractivity contribution in [2.75, 3.05) is 0 Å². The molecule has 0 amide bonds. The summed E-state index contributed by atoms with van der Waals surface area (Å²) in [6.07, 6.45) is 4.88. The summed E-state index contributed by atoms with van der Waals surface area (Å²) in [5.41, 5.74) is 19.4. The van der Waals surface area contributed by atoms with Crippen LogP contribution in [0, 0.1) is 0 Å². The van der Waals surface area contributed by atoms with Gasteiger partial charge in [-0.2, -0.15) is 38.2 Å². The zero-order valence-corrected chi connectivity index (χ0v) is 72.1. The van der Waals surface area contributed by atoms with E-state index in [2.05, 4.69) is 243 Å². The van der Waals surface area contributed by atoms with Gasteiger partial charge in [-0.3, -0.25) is 31.9 Å². The van der Waals surface area contributed by atoms with Gasteiger partial charge in [-0.15, -0.1) is 24.3 Å². The summed E-state index contributed by atoms with van der Waals surface area (Å²) in [5, 5.41) is 2.62. The molecule has 1 nitrogen and oxygen atoms in total. The smallest absolute Gasteiger partial charge is 0.0501 e. The van der Waals surface area contributed by atoms with E-state index in [4.69, 9.17) is 0 Å². The van der Waals surface area contributed by atoms with Gasteiger partial charge in [-0.1, -0.05) is 203 Å². The van der Waals surface area contributed by atoms with Crippen molar-refractivity contribution in [3.05, 3.63) is 205 Å². The SMILES string of the molecule is C.CCC[B-]CCC.C[B-](C)(c1ccc2c(c1)-c1ccccc1C2)c1ccc2[nH]c3ccccc3c2c1.C[B-]1(C)c2ccccc2-c2ccccc21.C[B-]C.[B-](c1ccccc1)c1ccccc1.[Y].[Y].[Y].[Y].[Y].[Y].[Y].[Y].[Y]. The number of hydrogen-bond acceptors (Lipinski definition) is 0. The van der Waals surface area contributed by atoms with Crippen LogP contribution in [-0.2, 0) is 301 Å². The molecule has 0 saturated heterocycles. The fraction of sp³-hybridized carbons (Fsp3) is 0.226. The maximum absolute atomic E-state index is 3.55. The molecule has 0 fully saturated rings. The molecule has 0 saturated carbocycles. The van der Waals surface area contributed by atoms with Crippen LogP contribution in [0.4, 0.5) is 0 Å². The van der Waals surface area contributed by atoms with E-state index in [9.17, 15) is 0 Å². The molecule has 2 aliphatic rings. The fourth-order valence-corrected chi connectivity index (χ4v) is 9.85. The number of nitrogens with one attached hydrogen (secondary N) is 1. The van der Waals surface area contributed by atoms with E-state index in [1.165, 1.54) is 113 Å². The Labute approximate surface area is 695 Å². The van der Waals surface area contributed by atoms with Crippen LogP contribution >= 0.6 is 0 Å². The van der Waals surface area contributed by atoms with Crippen molar-refractivity contribution >= 4 is 88.7 Å². The standard InChI is InChI=1S/C27H23BN.C14H14B.C12H10B.C6H14B.C2H6B.CH4.9Y/c1-28(2,20-12-11-19-15-18-7-3-4-8-22(18)24(19)16-20)21-13-14-27-25(17-21)23-9-5-6-10-26(23)29-27;1-15(2)13-9-5-3-7-11(13)12-8-4-6-10-14(12)15;1-3-7-11(8-4-1)13-12-9-5-2-6-10-12;1-3-5-7-6-4-2;1-3-2;;;;;;;;;;/h3-14,16-17,29H,15H2,1-2H3;3-10H,1-2H3;1-10H;3-6H2,1-2H3;1-2H3;1H4;;;;;;;;;/q5*-1;;;;;;;;;;. The quantitative estimate of drug-likeness (QED) is 0.115. The minimum Gasteiger partial charge on any atom is -0.355 e. The minimum absolute atomic E-state index is 0. The zero-order valence-electron chi connectivity index (χ0n) is 46.6. The van der Waals surface area contributed by atoms with Gasteiger partial charge in [0.2, 0.25) is 0 Å². The largest absolute Gasteiger partial charge is 0.355 e. The first-order valence-corrected chi connectivity index (χ1v) is 25.0. The third-order valence-corrected chi connectivity index (χ3v) is 13.7. The Kier molecular flexibility index (Phi) is 51.1. The van der Waals surface area contributed by atoms with Crippen molar-refractivity contribution < 1.29 is 294 Å². The molecule has 1 aromatic heterocycles. The molecule has 77 heavy (non-hydrogen) atoms. The molecule has 0 atom stereocenters. The Bertz CT molecular complexity index is 2920. The second-order valence-electron chi connectivity index (χ2n) is 19.6. The monoisotopic (exact) mass is 1680 g/mol. The molecular formula is C62H71B5NY9-5. The maximum atomic E-state index is 3.55. The average Bonchev–Trinajstić information content (AvgIpc) is 4.00. The van der Waals surface area contributed by atoms with Gasteiger partial charge in [0, 0.05) is 322 Å². The van der Waals surface area contributed by atoms with Gasteiger partial charge in [0.25, 0.3) is 0 Å². The number of benzene rings is 8. The van der Waals surface area contributed by atoms with Crippen LogP contribution in [0.15, 0.2) is 194 Å². The molecule has 371 valence electrons. The van der Waals surface area contributed by atoms with E-state index in [1.807, 2.05) is 33.1 Å². The Hall–Kier alpha value is 3.82. The van der Waals surface area contributed by atoms with Crippen molar-refractivity contribution in [1.82, 2.24) is 4.98 Å². The van der Waals surface area contributed by atoms with E-state index in [0.717, 1.165) is 6.42 Å². The molecular weight excluding hydrogens is 1610 g/mol. The first-order valence-electron chi connectivity index (χ1n) is 25.0. The summed E-state index contributed by atoms with van der Waals surface area (Å²) < 4.78 is 0. The predicted octanol–water partition coefficient (Wildman–Crippen LogP) is 13.3. The number of aromatic amines is 1. The third-order valence-electron chi connectivity index (χ3n) is 13.7. The molecule has 15 heteroatoms. The second-order valence-corrected chi connectivity index (χ2v) is 19.6. The number of H-pyrrole nitrogens is 1. The van der Waals surface area contributed by atoms with Crippen molar-refractivity contribution in [3.63, 3.8) is 0 Å². The van der Waals surface area contributed by atoms with Crippen LogP contribution in [0.1, 0.15) is 45.2 Å². The molecule has 1 aliphatic heterocycles. The van der Waals surface area contributed by atoms with Crippen LogP contribution < -0.4 is 32.8 Å². The molecule has 0 bridgehead atoms. The first kappa shape index (κ1) is 87.3. The Morgan fingerprint density at radius 1 is 0.442 bits per heavy atom. The Morgan fingerprint density at radius 2 is 0.844 bits per heavy atom. The van der Waals surface area contributed by atoms with E-state index < -0.39 is 12.3 Å². The molecule has 11 rings (SSSR count). The molecule has 1 aliphatic carbocycles. The fourth-order valence-electron chi connectivity index (χ4n) is 9.85. The van der Waals surface area contributed by atoms with Gasteiger partial charge in [0.1, 0.15) is 0 Å². The van der Waals surface area contributed by atoms with Crippen molar-refractivity contribution in [3.8, 4) is 22.3 Å². The van der Waals surface area contributed by atoms with E-state index in [1.54, 1.807) is 0 Å². The second kappa shape index (κ2) is 45.1. The van der Waals surface area contributed by atoms with Crippen LogP contribution in [0.2, 0.25) is 53.6 Å². The van der Waals surface area contributed by atoms with Gasteiger partial charge >= 0.3 is 0 Å². The summed E-state index contributed by atoms with van der Waals surface area (Å²) in [5.74, 6) is 0. The third kappa shape index (κ3) is 24.0. The van der Waals surface area contributed by atoms with Crippen molar-refractivity contribution in [2.24, 2.45) is 0 Å². The molecule has 1 N–H and O–H groups in total. The number of para-hydroxylation sites is 1. The summed E-state index contributed by atoms with van der Waals surface area (Å²) in [4.78, 5) is 3.55. The summed E-state index contributed by atoms with van der Waals surface area (Å²) in [7, 11) is 6.53. The van der Waals surface area contributed by atoms with Gasteiger partial charge in [-0.25, -0.2) is 23.6 Å². The average molecular weight is 1680 g/mol. The van der Waals surface area contributed by atoms with E-state index in [0.29, 0.717) is 0 Å². The number of fused-ring (bicyclic) bond motifs is 9. The normalized spacial score (nSPS) is 10.8. The summed E-state index contributed by atoms with van der Waals surface area (Å²) >= 11 is 0. The first-order chi connectivity index (χ1) is 32.6. The molecule has 8 aromatic carbocycles. The molecule has 0 spiro atoms. The van der Waals surface area contributed by atoms with Crippen LogP contribution in [0.25, 0.3) is 44.1 Å². The van der Waals surface area contributed by atoms with Crippen LogP contribution in [0.5, 0.6) is 0 Å². The zero-order chi connectivity index (χ0) is 47.2. The van der Waals surface area contributed by atoms with Crippen LogP contribution in [0.3, 0.4) is 0 Å². The number of rotatable bonds is 8. The topological polar surface area (TPSA) is 15.8 Å². The summed E-state index contributed by atoms with van der Waals surface area (Å²) in [6, 6.07) is 69.8. The van der Waals surface area contributed by atoms with Gasteiger partial charge in [-0.05, 0) is 40.8 Å². The molecule has 2 heterocycles. The van der Waals surface area contributed by atoms with Gasteiger partial charge in [0.15, 0.2) is 0 Å². The van der Waals surface area contributed by atoms with Crippen LogP contribution in [-0.4, -0.2) is 39.1 Å². The molecule has 0 unspecified atom stereocenters. The van der Waals surface area contributed by atoms with Gasteiger partial charge < -0.3 is 19.5 Å². The molecule has 15 radical (unpaired) electrons. The van der Waals surface area contributed by atoms with Gasteiger partial charge in [0.05, 0.1) is 6.15 Å². The van der Waals surface area contributed by atoms with Crippen molar-refractivity contribution in [1.29, 1.82) is 0 Å². The number of aromatic nitrogens is 1. The Balaban J connectivity index is -0.000000480. The van der Waals surface area contributed by atoms with E-state index in [-0.39, 0.29) is 302 Å². The van der Waals surface area contributed by atoms with Crippen molar-refractivity contribution in [2.45, 2.75) is 94.1 Å². The molecule has 9 aromatic rings. The van der Waals surface area contributed by atoms with E-state index >= 15 is 0 Å². The maximum Gasteiger partial charge on any atom is 0.0501 e. The summed E-state index contributed by atoms with van der Waals surface area (Å²) in [6.45, 7) is 18.0. The predicted molar refractivity (Wildman–Crippen MR) is 314 cm³/mol. The Morgan fingerprint density at radius 3 is 1.36 bits per heavy atom.